The molecule has 1 unspecified atom stereocenters. The summed E-state index contributed by atoms with van der Waals surface area (Å²) in [6, 6.07) is 49.8. The Balaban J connectivity index is 1.10. The maximum Gasteiger partial charge on any atom is 0.150 e. The molecule has 6 heteroatoms. The molecule has 0 radical (unpaired) electrons. The first-order valence-corrected chi connectivity index (χ1v) is 18.4. The van der Waals surface area contributed by atoms with Gasteiger partial charge in [0.05, 0.1) is 28.6 Å². The number of rotatable bonds is 4. The second-order valence-corrected chi connectivity index (χ2v) is 14.8. The van der Waals surface area contributed by atoms with E-state index < -0.39 is 6.17 Å². The van der Waals surface area contributed by atoms with Crippen molar-refractivity contribution >= 4 is 66.3 Å². The Morgan fingerprint density at radius 2 is 1.30 bits per heavy atom. The molecule has 54 heavy (non-hydrogen) atoms. The molecule has 1 aliphatic heterocycles. The van der Waals surface area contributed by atoms with E-state index in [0.717, 1.165) is 72.0 Å². The Labute approximate surface area is 311 Å². The van der Waals surface area contributed by atoms with E-state index in [1.165, 1.54) is 11.1 Å². The Morgan fingerprint density at radius 1 is 0.574 bits per heavy atom. The van der Waals surface area contributed by atoms with Crippen LogP contribution in [0.2, 0.25) is 0 Å². The molecule has 10 aromatic rings. The molecule has 258 valence electrons. The maximum absolute atomic E-state index is 16.9. The topological polar surface area (TPSA) is 38.4 Å². The van der Waals surface area contributed by atoms with Gasteiger partial charge in [-0.1, -0.05) is 111 Å². The molecule has 1 atom stereocenters. The standard InChI is InChI=1S/C48H34FN5/c1-48(2)38-19-8-11-22-41(38)53(32-14-4-3-5-15-32)42-29-51-47-43(44(42)48)36-18-7-10-21-40(36)54(47)33-16-12-13-30(27-33)45(49)31-23-24-34-35-17-6-9-20-39(35)52-26-25-50-46(52)37(34)28-31/h3-29,45H,1-2H3. The minimum atomic E-state index is -1.35. The molecule has 0 N–H and O–H groups in total. The fraction of sp³-hybridized carbons (Fsp3) is 0.0833. The Kier molecular flexibility index (Phi) is 6.48. The summed E-state index contributed by atoms with van der Waals surface area (Å²) in [6.07, 6.45) is 4.45. The lowest BCUT2D eigenvalue weighted by Gasteiger charge is -2.42. The van der Waals surface area contributed by atoms with Gasteiger partial charge < -0.3 is 4.90 Å². The fourth-order valence-electron chi connectivity index (χ4n) is 9.05. The predicted octanol–water partition coefficient (Wildman–Crippen LogP) is 12.3. The predicted molar refractivity (Wildman–Crippen MR) is 219 cm³/mol. The summed E-state index contributed by atoms with van der Waals surface area (Å²) in [5.41, 5.74) is 11.3. The summed E-state index contributed by atoms with van der Waals surface area (Å²) in [7, 11) is 0. The fourth-order valence-corrected chi connectivity index (χ4v) is 9.05. The largest absolute Gasteiger partial charge is 0.308 e. The summed E-state index contributed by atoms with van der Waals surface area (Å²) in [5, 5.41) is 5.33. The third-order valence-corrected chi connectivity index (χ3v) is 11.5. The van der Waals surface area contributed by atoms with Gasteiger partial charge in [0.15, 0.2) is 6.17 Å². The highest BCUT2D eigenvalue weighted by molar-refractivity contribution is 6.13. The average Bonchev–Trinajstić information content (AvgIpc) is 3.85. The van der Waals surface area contributed by atoms with Crippen LogP contribution in [0, 0.1) is 0 Å². The summed E-state index contributed by atoms with van der Waals surface area (Å²) >= 11 is 0. The summed E-state index contributed by atoms with van der Waals surface area (Å²) in [5.74, 6) is 0. The van der Waals surface area contributed by atoms with Crippen LogP contribution in [-0.2, 0) is 5.41 Å². The zero-order chi connectivity index (χ0) is 36.1. The highest BCUT2D eigenvalue weighted by atomic mass is 19.1. The molecule has 0 amide bonds. The lowest BCUT2D eigenvalue weighted by molar-refractivity contribution is 0.402. The number of aromatic nitrogens is 4. The molecule has 5 nitrogen and oxygen atoms in total. The number of hydrogen-bond acceptors (Lipinski definition) is 3. The van der Waals surface area contributed by atoms with E-state index in [-0.39, 0.29) is 5.41 Å². The molecule has 0 bridgehead atoms. The van der Waals surface area contributed by atoms with Crippen molar-refractivity contribution in [2.45, 2.75) is 25.4 Å². The zero-order valence-electron chi connectivity index (χ0n) is 29.8. The highest BCUT2D eigenvalue weighted by Gasteiger charge is 2.40. The van der Waals surface area contributed by atoms with Crippen LogP contribution in [0.3, 0.4) is 0 Å². The SMILES string of the molecule is CC1(C)c2ccccc2N(c2ccccc2)c2cnc3c(c21)c1ccccc1n3-c1cccc(C(F)c2ccc3c4ccccc4n4ccnc4c3c2)c1. The van der Waals surface area contributed by atoms with E-state index in [4.69, 9.17) is 4.98 Å². The zero-order valence-corrected chi connectivity index (χ0v) is 29.8. The van der Waals surface area contributed by atoms with E-state index in [9.17, 15) is 0 Å². The van der Waals surface area contributed by atoms with Crippen molar-refractivity contribution in [2.24, 2.45) is 0 Å². The molecule has 0 saturated carbocycles. The number of halogens is 1. The summed E-state index contributed by atoms with van der Waals surface area (Å²) in [4.78, 5) is 12.3. The Hall–Kier alpha value is -6.79. The second-order valence-electron chi connectivity index (χ2n) is 14.8. The van der Waals surface area contributed by atoms with Gasteiger partial charge in [0, 0.05) is 50.7 Å². The molecule has 6 aromatic carbocycles. The second kappa shape index (κ2) is 11.4. The van der Waals surface area contributed by atoms with Gasteiger partial charge in [-0.2, -0.15) is 0 Å². The van der Waals surface area contributed by atoms with E-state index in [1.807, 2.05) is 60.9 Å². The van der Waals surface area contributed by atoms with E-state index in [2.05, 4.69) is 130 Å². The third kappa shape index (κ3) is 4.25. The minimum absolute atomic E-state index is 0.332. The highest BCUT2D eigenvalue weighted by Crippen LogP contribution is 2.54. The molecular weight excluding hydrogens is 666 g/mol. The lowest BCUT2D eigenvalue weighted by atomic mass is 9.72. The number of pyridine rings is 2. The van der Waals surface area contributed by atoms with Crippen molar-refractivity contribution in [1.29, 1.82) is 0 Å². The number of hydrogen-bond donors (Lipinski definition) is 0. The number of alkyl halides is 1. The summed E-state index contributed by atoms with van der Waals surface area (Å²) in [6.45, 7) is 4.63. The molecule has 0 fully saturated rings. The number of anilines is 3. The normalized spacial score (nSPS) is 14.2. The number of fused-ring (bicyclic) bond motifs is 12. The lowest BCUT2D eigenvalue weighted by Crippen LogP contribution is -2.31. The van der Waals surface area contributed by atoms with Gasteiger partial charge in [-0.3, -0.25) is 8.97 Å². The van der Waals surface area contributed by atoms with Crippen LogP contribution in [0.4, 0.5) is 21.5 Å². The summed E-state index contributed by atoms with van der Waals surface area (Å²) < 4.78 is 21.2. The van der Waals surface area contributed by atoms with Crippen molar-refractivity contribution < 1.29 is 4.39 Å². The van der Waals surface area contributed by atoms with Crippen molar-refractivity contribution in [2.75, 3.05) is 4.90 Å². The average molecular weight is 700 g/mol. The van der Waals surface area contributed by atoms with Gasteiger partial charge in [-0.05, 0) is 76.2 Å². The number of benzene rings is 6. The molecule has 5 heterocycles. The Bertz CT molecular complexity index is 3120. The first kappa shape index (κ1) is 30.8. The molecule has 0 saturated heterocycles. The van der Waals surface area contributed by atoms with Crippen LogP contribution in [0.15, 0.2) is 164 Å². The monoisotopic (exact) mass is 699 g/mol. The van der Waals surface area contributed by atoms with Crippen molar-refractivity contribution in [3.63, 3.8) is 0 Å². The molecular formula is C48H34FN5. The molecule has 0 spiro atoms. The maximum atomic E-state index is 16.9. The van der Waals surface area contributed by atoms with E-state index >= 15 is 4.39 Å². The van der Waals surface area contributed by atoms with Gasteiger partial charge in [-0.25, -0.2) is 14.4 Å². The third-order valence-electron chi connectivity index (χ3n) is 11.5. The van der Waals surface area contributed by atoms with E-state index in [1.54, 1.807) is 6.20 Å². The molecule has 0 aliphatic carbocycles. The van der Waals surface area contributed by atoms with Gasteiger partial charge in [0.2, 0.25) is 0 Å². The molecule has 4 aromatic heterocycles. The first-order chi connectivity index (χ1) is 26.5. The van der Waals surface area contributed by atoms with Crippen LogP contribution in [0.5, 0.6) is 0 Å². The van der Waals surface area contributed by atoms with Gasteiger partial charge in [0.1, 0.15) is 11.3 Å². The van der Waals surface area contributed by atoms with E-state index in [0.29, 0.717) is 11.1 Å². The van der Waals surface area contributed by atoms with Crippen molar-refractivity contribution in [3.05, 3.63) is 186 Å². The van der Waals surface area contributed by atoms with Crippen LogP contribution in [-0.4, -0.2) is 18.9 Å². The molecule has 11 rings (SSSR count). The minimum Gasteiger partial charge on any atom is -0.308 e. The number of nitrogens with zero attached hydrogens (tertiary/aromatic N) is 5. The molecule has 1 aliphatic rings. The number of imidazole rings is 1. The quantitative estimate of drug-likeness (QED) is 0.172. The van der Waals surface area contributed by atoms with Crippen molar-refractivity contribution in [3.8, 4) is 5.69 Å². The van der Waals surface area contributed by atoms with Crippen LogP contribution in [0.25, 0.3) is 54.9 Å². The Morgan fingerprint density at radius 3 is 2.17 bits per heavy atom. The van der Waals surface area contributed by atoms with Crippen LogP contribution < -0.4 is 4.90 Å². The van der Waals surface area contributed by atoms with Crippen molar-refractivity contribution in [1.82, 2.24) is 18.9 Å². The number of para-hydroxylation sites is 4. The van der Waals surface area contributed by atoms with Gasteiger partial charge in [-0.15, -0.1) is 0 Å². The van der Waals surface area contributed by atoms with Crippen LogP contribution in [0.1, 0.15) is 42.3 Å². The van der Waals surface area contributed by atoms with Crippen LogP contribution >= 0.6 is 0 Å². The first-order valence-electron chi connectivity index (χ1n) is 18.4. The van der Waals surface area contributed by atoms with Gasteiger partial charge in [0.25, 0.3) is 0 Å². The smallest absolute Gasteiger partial charge is 0.150 e. The van der Waals surface area contributed by atoms with Gasteiger partial charge >= 0.3 is 0 Å².